The Kier molecular flexibility index (Phi) is 1.68. The molecule has 0 radical (unpaired) electrons. The molecule has 0 spiro atoms. The molecule has 1 aliphatic heterocycles. The molecular weight excluding hydrogens is 142 g/mol. The molecular formula is C6H10F2O2. The van der Waals surface area contributed by atoms with Gasteiger partial charge < -0.3 is 9.47 Å². The second-order valence-corrected chi connectivity index (χ2v) is 2.53. The minimum atomic E-state index is -2.31. The third-order valence-corrected chi connectivity index (χ3v) is 1.63. The summed E-state index contributed by atoms with van der Waals surface area (Å²) in [6.45, 7) is 2.25. The monoisotopic (exact) mass is 152 g/mol. The molecule has 2 nitrogen and oxygen atoms in total. The van der Waals surface area contributed by atoms with Crippen LogP contribution in [0.5, 0.6) is 0 Å². The van der Waals surface area contributed by atoms with Gasteiger partial charge in [0.1, 0.15) is 0 Å². The van der Waals surface area contributed by atoms with Gasteiger partial charge in [-0.1, -0.05) is 0 Å². The summed E-state index contributed by atoms with van der Waals surface area (Å²) in [5.74, 6) is -4.63. The Morgan fingerprint density at radius 2 is 1.30 bits per heavy atom. The fraction of sp³-hybridized carbons (Fsp3) is 1.00. The summed E-state index contributed by atoms with van der Waals surface area (Å²) in [6, 6.07) is 0. The molecule has 1 saturated heterocycles. The van der Waals surface area contributed by atoms with Gasteiger partial charge in [0.25, 0.3) is 11.7 Å². The Hall–Kier alpha value is -0.220. The van der Waals surface area contributed by atoms with Gasteiger partial charge in [-0.2, -0.15) is 0 Å². The van der Waals surface area contributed by atoms with Gasteiger partial charge in [0.2, 0.25) is 0 Å². The van der Waals surface area contributed by atoms with Crippen molar-refractivity contribution in [1.82, 2.24) is 0 Å². The van der Waals surface area contributed by atoms with Crippen LogP contribution in [0.1, 0.15) is 13.8 Å². The second-order valence-electron chi connectivity index (χ2n) is 2.53. The molecule has 1 rings (SSSR count). The molecule has 2 atom stereocenters. The lowest BCUT2D eigenvalue weighted by atomic mass is 10.1. The molecule has 0 aliphatic carbocycles. The molecule has 0 aromatic heterocycles. The molecule has 0 N–H and O–H groups in total. The summed E-state index contributed by atoms with van der Waals surface area (Å²) in [7, 11) is 0. The lowest BCUT2D eigenvalue weighted by Crippen LogP contribution is -2.51. The first-order valence-corrected chi connectivity index (χ1v) is 3.11. The third kappa shape index (κ3) is 1.13. The molecule has 0 amide bonds. The fourth-order valence-electron chi connectivity index (χ4n) is 0.724. The Morgan fingerprint density at radius 3 is 1.50 bits per heavy atom. The summed E-state index contributed by atoms with van der Waals surface area (Å²) < 4.78 is 34.9. The van der Waals surface area contributed by atoms with Crippen LogP contribution >= 0.6 is 0 Å². The van der Waals surface area contributed by atoms with Crippen molar-refractivity contribution in [3.63, 3.8) is 0 Å². The number of halogens is 2. The Labute approximate surface area is 58.1 Å². The molecule has 0 aromatic carbocycles. The number of rotatable bonds is 0. The average molecular weight is 152 g/mol. The lowest BCUT2D eigenvalue weighted by molar-refractivity contribution is -0.348. The molecule has 1 fully saturated rings. The van der Waals surface area contributed by atoms with Gasteiger partial charge in [0.15, 0.2) is 0 Å². The van der Waals surface area contributed by atoms with Crippen LogP contribution in [0.3, 0.4) is 0 Å². The van der Waals surface area contributed by atoms with E-state index in [2.05, 4.69) is 9.47 Å². The standard InChI is InChI=1S/C6H10F2O2/c1-5(7)6(2,8)10-4-3-9-5/h3-4H2,1-2H3. The van der Waals surface area contributed by atoms with Crippen LogP contribution in [-0.4, -0.2) is 24.9 Å². The Balaban J connectivity index is 2.70. The van der Waals surface area contributed by atoms with Crippen LogP contribution in [0.25, 0.3) is 0 Å². The topological polar surface area (TPSA) is 18.5 Å². The van der Waals surface area contributed by atoms with E-state index in [-0.39, 0.29) is 13.2 Å². The van der Waals surface area contributed by atoms with Gasteiger partial charge in [-0.25, -0.2) is 8.78 Å². The van der Waals surface area contributed by atoms with E-state index in [1.807, 2.05) is 0 Å². The zero-order valence-corrected chi connectivity index (χ0v) is 5.99. The zero-order chi connectivity index (χ0) is 7.83. The van der Waals surface area contributed by atoms with E-state index in [1.165, 1.54) is 0 Å². The zero-order valence-electron chi connectivity index (χ0n) is 5.99. The predicted molar refractivity (Wildman–Crippen MR) is 30.9 cm³/mol. The highest BCUT2D eigenvalue weighted by molar-refractivity contribution is 4.80. The molecule has 0 saturated carbocycles. The minimum absolute atomic E-state index is 0.104. The van der Waals surface area contributed by atoms with E-state index in [0.717, 1.165) is 13.8 Å². The first-order valence-electron chi connectivity index (χ1n) is 3.11. The third-order valence-electron chi connectivity index (χ3n) is 1.63. The van der Waals surface area contributed by atoms with Crippen molar-refractivity contribution in [2.24, 2.45) is 0 Å². The van der Waals surface area contributed by atoms with E-state index < -0.39 is 11.7 Å². The molecule has 1 aliphatic rings. The smallest absolute Gasteiger partial charge is 0.265 e. The molecule has 0 aromatic rings. The predicted octanol–water partition coefficient (Wildman–Crippen LogP) is 1.40. The van der Waals surface area contributed by atoms with Gasteiger partial charge in [0, 0.05) is 13.8 Å². The van der Waals surface area contributed by atoms with E-state index >= 15 is 0 Å². The lowest BCUT2D eigenvalue weighted by Gasteiger charge is -2.37. The SMILES string of the molecule is CC1(F)OCCOC1(C)F. The highest BCUT2D eigenvalue weighted by atomic mass is 19.2. The molecule has 4 heteroatoms. The number of hydrogen-bond acceptors (Lipinski definition) is 2. The highest BCUT2D eigenvalue weighted by Crippen LogP contribution is 2.34. The van der Waals surface area contributed by atoms with Crippen LogP contribution in [0.2, 0.25) is 0 Å². The van der Waals surface area contributed by atoms with Crippen LogP contribution < -0.4 is 0 Å². The Morgan fingerprint density at radius 1 is 1.00 bits per heavy atom. The van der Waals surface area contributed by atoms with Crippen LogP contribution in [0, 0.1) is 0 Å². The highest BCUT2D eigenvalue weighted by Gasteiger charge is 2.51. The van der Waals surface area contributed by atoms with Gasteiger partial charge in [-0.3, -0.25) is 0 Å². The normalized spacial score (nSPS) is 49.2. The summed E-state index contributed by atoms with van der Waals surface area (Å²) in [4.78, 5) is 0. The van der Waals surface area contributed by atoms with Crippen molar-refractivity contribution in [2.75, 3.05) is 13.2 Å². The van der Waals surface area contributed by atoms with E-state index in [9.17, 15) is 8.78 Å². The van der Waals surface area contributed by atoms with Gasteiger partial charge in [-0.15, -0.1) is 0 Å². The van der Waals surface area contributed by atoms with E-state index in [1.54, 1.807) is 0 Å². The maximum absolute atomic E-state index is 12.9. The average Bonchev–Trinajstić information content (AvgIpc) is 1.77. The second kappa shape index (κ2) is 2.13. The van der Waals surface area contributed by atoms with E-state index in [0.29, 0.717) is 0 Å². The number of ether oxygens (including phenoxy) is 2. The van der Waals surface area contributed by atoms with Gasteiger partial charge in [0.05, 0.1) is 13.2 Å². The fourth-order valence-corrected chi connectivity index (χ4v) is 0.724. The minimum Gasteiger partial charge on any atom is -0.339 e. The molecule has 0 bridgehead atoms. The van der Waals surface area contributed by atoms with Gasteiger partial charge >= 0.3 is 0 Å². The number of alkyl halides is 2. The summed E-state index contributed by atoms with van der Waals surface area (Å²) in [5, 5.41) is 0. The number of hydrogen-bond donors (Lipinski definition) is 0. The van der Waals surface area contributed by atoms with Crippen molar-refractivity contribution in [1.29, 1.82) is 0 Å². The molecule has 1 heterocycles. The Bertz CT molecular complexity index is 118. The summed E-state index contributed by atoms with van der Waals surface area (Å²) in [5.41, 5.74) is 0. The van der Waals surface area contributed by atoms with Gasteiger partial charge in [-0.05, 0) is 0 Å². The van der Waals surface area contributed by atoms with Crippen molar-refractivity contribution in [2.45, 2.75) is 25.6 Å². The maximum atomic E-state index is 12.9. The summed E-state index contributed by atoms with van der Waals surface area (Å²) >= 11 is 0. The largest absolute Gasteiger partial charge is 0.339 e. The van der Waals surface area contributed by atoms with Crippen LogP contribution in [-0.2, 0) is 9.47 Å². The first kappa shape index (κ1) is 7.88. The maximum Gasteiger partial charge on any atom is 0.265 e. The van der Waals surface area contributed by atoms with Crippen LogP contribution in [0.15, 0.2) is 0 Å². The molecule has 60 valence electrons. The van der Waals surface area contributed by atoms with Crippen LogP contribution in [0.4, 0.5) is 8.78 Å². The first-order chi connectivity index (χ1) is 4.46. The van der Waals surface area contributed by atoms with Crippen molar-refractivity contribution < 1.29 is 18.3 Å². The summed E-state index contributed by atoms with van der Waals surface area (Å²) in [6.07, 6.45) is 0. The molecule has 2 unspecified atom stereocenters. The van der Waals surface area contributed by atoms with E-state index in [4.69, 9.17) is 0 Å². The van der Waals surface area contributed by atoms with Crippen molar-refractivity contribution >= 4 is 0 Å². The van der Waals surface area contributed by atoms with Crippen molar-refractivity contribution in [3.8, 4) is 0 Å². The van der Waals surface area contributed by atoms with Crippen molar-refractivity contribution in [3.05, 3.63) is 0 Å². The molecule has 10 heavy (non-hydrogen) atoms. The quantitative estimate of drug-likeness (QED) is 0.522.